The number of halogens is 2. The lowest BCUT2D eigenvalue weighted by Gasteiger charge is -2.16. The second-order valence-corrected chi connectivity index (χ2v) is 7.41. The fourth-order valence-electron chi connectivity index (χ4n) is 3.44. The SMILES string of the molecule is Cc1ccccc1Nc1nc(N)nc(COC(=O)C2CCN(c3ccc(F)c(F)c3)C2=O)n1. The Bertz CT molecular complexity index is 1220. The molecule has 4 rings (SSSR count). The highest BCUT2D eigenvalue weighted by Crippen LogP contribution is 2.27. The summed E-state index contributed by atoms with van der Waals surface area (Å²) in [6.07, 6.45) is 0.177. The van der Waals surface area contributed by atoms with Gasteiger partial charge in [0.2, 0.25) is 17.8 Å². The van der Waals surface area contributed by atoms with Crippen LogP contribution in [0.4, 0.5) is 32.1 Å². The number of hydrogen-bond acceptors (Lipinski definition) is 8. The third kappa shape index (κ3) is 4.86. The van der Waals surface area contributed by atoms with Gasteiger partial charge in [-0.1, -0.05) is 18.2 Å². The number of esters is 1. The van der Waals surface area contributed by atoms with Gasteiger partial charge in [0.05, 0.1) is 0 Å². The van der Waals surface area contributed by atoms with E-state index in [9.17, 15) is 18.4 Å². The van der Waals surface area contributed by atoms with Crippen LogP contribution in [0.25, 0.3) is 0 Å². The van der Waals surface area contributed by atoms with E-state index >= 15 is 0 Å². The van der Waals surface area contributed by atoms with Crippen molar-refractivity contribution in [2.75, 3.05) is 22.5 Å². The summed E-state index contributed by atoms with van der Waals surface area (Å²) < 4.78 is 31.9. The van der Waals surface area contributed by atoms with Crippen LogP contribution in [0.15, 0.2) is 42.5 Å². The second-order valence-electron chi connectivity index (χ2n) is 7.41. The third-order valence-electron chi connectivity index (χ3n) is 5.14. The lowest BCUT2D eigenvalue weighted by molar-refractivity contribution is -0.152. The van der Waals surface area contributed by atoms with Crippen molar-refractivity contribution in [3.8, 4) is 0 Å². The Kier molecular flexibility index (Phi) is 6.11. The predicted octanol–water partition coefficient (Wildman–Crippen LogP) is 2.88. The number of aromatic nitrogens is 3. The van der Waals surface area contributed by atoms with Crippen LogP contribution < -0.4 is 16.0 Å². The molecule has 1 aromatic heterocycles. The summed E-state index contributed by atoms with van der Waals surface area (Å²) in [6, 6.07) is 10.6. The molecule has 0 saturated carbocycles. The van der Waals surface area contributed by atoms with E-state index in [0.717, 1.165) is 23.4 Å². The summed E-state index contributed by atoms with van der Waals surface area (Å²) >= 11 is 0. The van der Waals surface area contributed by atoms with Crippen molar-refractivity contribution in [2.45, 2.75) is 20.0 Å². The minimum Gasteiger partial charge on any atom is -0.457 e. The molecule has 0 bridgehead atoms. The molecule has 170 valence electrons. The zero-order chi connectivity index (χ0) is 23.5. The number of benzene rings is 2. The zero-order valence-electron chi connectivity index (χ0n) is 17.6. The zero-order valence-corrected chi connectivity index (χ0v) is 17.6. The smallest absolute Gasteiger partial charge is 0.319 e. The topological polar surface area (TPSA) is 123 Å². The number of amides is 1. The van der Waals surface area contributed by atoms with Gasteiger partial charge in [0, 0.05) is 24.0 Å². The Morgan fingerprint density at radius 3 is 2.73 bits per heavy atom. The number of carbonyl (C=O) groups excluding carboxylic acids is 2. The molecule has 2 aromatic carbocycles. The monoisotopic (exact) mass is 454 g/mol. The molecule has 1 aliphatic rings. The molecule has 1 fully saturated rings. The van der Waals surface area contributed by atoms with Crippen LogP contribution in [0.5, 0.6) is 0 Å². The van der Waals surface area contributed by atoms with E-state index in [1.54, 1.807) is 0 Å². The average Bonchev–Trinajstić information content (AvgIpc) is 3.16. The molecule has 3 N–H and O–H groups in total. The molecular formula is C22H20F2N6O3. The van der Waals surface area contributed by atoms with Crippen molar-refractivity contribution < 1.29 is 23.1 Å². The van der Waals surface area contributed by atoms with Crippen LogP contribution in [-0.2, 0) is 20.9 Å². The van der Waals surface area contributed by atoms with Crippen LogP contribution in [-0.4, -0.2) is 33.4 Å². The highest BCUT2D eigenvalue weighted by atomic mass is 19.2. The highest BCUT2D eigenvalue weighted by Gasteiger charge is 2.39. The summed E-state index contributed by atoms with van der Waals surface area (Å²) in [5.74, 6) is -4.25. The molecule has 33 heavy (non-hydrogen) atoms. The van der Waals surface area contributed by atoms with Crippen molar-refractivity contribution in [1.82, 2.24) is 15.0 Å². The standard InChI is InChI=1S/C22H20F2N6O3/c1-12-4-2-3-5-17(12)26-22-28-18(27-21(25)29-22)11-33-20(32)14-8-9-30(19(14)31)13-6-7-15(23)16(24)10-13/h2-7,10,14H,8-9,11H2,1H3,(H3,25,26,27,28,29). The largest absolute Gasteiger partial charge is 0.457 e. The van der Waals surface area contributed by atoms with Gasteiger partial charge in [-0.25, -0.2) is 8.78 Å². The van der Waals surface area contributed by atoms with Gasteiger partial charge in [-0.2, -0.15) is 15.0 Å². The molecular weight excluding hydrogens is 434 g/mol. The quantitative estimate of drug-likeness (QED) is 0.431. The molecule has 1 aliphatic heterocycles. The Hall–Kier alpha value is -4.15. The molecule has 0 aliphatic carbocycles. The van der Waals surface area contributed by atoms with E-state index in [1.165, 1.54) is 11.0 Å². The minimum atomic E-state index is -1.08. The maximum Gasteiger partial charge on any atom is 0.319 e. The lowest BCUT2D eigenvalue weighted by Crippen LogP contribution is -2.31. The van der Waals surface area contributed by atoms with Crippen LogP contribution in [0.2, 0.25) is 0 Å². The van der Waals surface area contributed by atoms with E-state index in [0.29, 0.717) is 0 Å². The number of ether oxygens (including phenoxy) is 1. The van der Waals surface area contributed by atoms with E-state index in [-0.39, 0.29) is 43.0 Å². The summed E-state index contributed by atoms with van der Waals surface area (Å²) in [6.45, 7) is 1.77. The maximum absolute atomic E-state index is 13.5. The van der Waals surface area contributed by atoms with Crippen molar-refractivity contribution in [3.63, 3.8) is 0 Å². The molecule has 0 spiro atoms. The van der Waals surface area contributed by atoms with E-state index in [4.69, 9.17) is 10.5 Å². The van der Waals surface area contributed by atoms with E-state index in [2.05, 4.69) is 20.3 Å². The Morgan fingerprint density at radius 1 is 1.18 bits per heavy atom. The number of carbonyl (C=O) groups is 2. The minimum absolute atomic E-state index is 0.0615. The maximum atomic E-state index is 13.5. The molecule has 1 atom stereocenters. The molecule has 1 amide bonds. The number of aryl methyl sites for hydroxylation is 1. The summed E-state index contributed by atoms with van der Waals surface area (Å²) in [7, 11) is 0. The molecule has 1 saturated heterocycles. The molecule has 1 unspecified atom stereocenters. The van der Waals surface area contributed by atoms with Gasteiger partial charge in [0.25, 0.3) is 0 Å². The first-order valence-corrected chi connectivity index (χ1v) is 10.1. The number of hydrogen-bond donors (Lipinski definition) is 2. The third-order valence-corrected chi connectivity index (χ3v) is 5.14. The normalized spacial score (nSPS) is 15.5. The first kappa shape index (κ1) is 22.1. The molecule has 3 aromatic rings. The Labute approximate surface area is 187 Å². The number of para-hydroxylation sites is 1. The summed E-state index contributed by atoms with van der Waals surface area (Å²) in [5.41, 5.74) is 7.66. The van der Waals surface area contributed by atoms with Gasteiger partial charge in [0.1, 0.15) is 5.92 Å². The fraction of sp³-hybridized carbons (Fsp3) is 0.227. The number of nitrogens with two attached hydrogens (primary N) is 1. The van der Waals surface area contributed by atoms with Crippen LogP contribution >= 0.6 is 0 Å². The first-order chi connectivity index (χ1) is 15.8. The van der Waals surface area contributed by atoms with Gasteiger partial charge >= 0.3 is 5.97 Å². The first-order valence-electron chi connectivity index (χ1n) is 10.1. The van der Waals surface area contributed by atoms with E-state index in [1.807, 2.05) is 31.2 Å². The van der Waals surface area contributed by atoms with Gasteiger partial charge in [-0.3, -0.25) is 9.59 Å². The van der Waals surface area contributed by atoms with Crippen molar-refractivity contribution >= 4 is 35.1 Å². The molecule has 11 heteroatoms. The van der Waals surface area contributed by atoms with Crippen molar-refractivity contribution in [3.05, 3.63) is 65.5 Å². The molecule has 9 nitrogen and oxygen atoms in total. The molecule has 0 radical (unpaired) electrons. The van der Waals surface area contributed by atoms with Gasteiger partial charge in [-0.05, 0) is 37.1 Å². The van der Waals surface area contributed by atoms with Crippen LogP contribution in [0.3, 0.4) is 0 Å². The number of nitrogen functional groups attached to an aromatic ring is 1. The number of rotatable bonds is 6. The van der Waals surface area contributed by atoms with E-state index < -0.39 is 29.4 Å². The Balaban J connectivity index is 1.40. The second kappa shape index (κ2) is 9.15. The fourth-order valence-corrected chi connectivity index (χ4v) is 3.44. The summed E-state index contributed by atoms with van der Waals surface area (Å²) in [5, 5.41) is 3.03. The van der Waals surface area contributed by atoms with Crippen LogP contribution in [0.1, 0.15) is 17.8 Å². The molecule has 2 heterocycles. The van der Waals surface area contributed by atoms with Gasteiger partial charge in [0.15, 0.2) is 24.1 Å². The average molecular weight is 454 g/mol. The predicted molar refractivity (Wildman–Crippen MR) is 115 cm³/mol. The van der Waals surface area contributed by atoms with Crippen LogP contribution in [0, 0.1) is 24.5 Å². The lowest BCUT2D eigenvalue weighted by atomic mass is 10.1. The number of anilines is 4. The number of nitrogens with zero attached hydrogens (tertiary/aromatic N) is 4. The van der Waals surface area contributed by atoms with Crippen molar-refractivity contribution in [1.29, 1.82) is 0 Å². The van der Waals surface area contributed by atoms with Gasteiger partial charge < -0.3 is 20.7 Å². The Morgan fingerprint density at radius 2 is 1.97 bits per heavy atom. The summed E-state index contributed by atoms with van der Waals surface area (Å²) in [4.78, 5) is 38.6. The van der Waals surface area contributed by atoms with Gasteiger partial charge in [-0.15, -0.1) is 0 Å². The number of nitrogens with one attached hydrogen (secondary N) is 1. The van der Waals surface area contributed by atoms with Crippen molar-refractivity contribution in [2.24, 2.45) is 5.92 Å². The highest BCUT2D eigenvalue weighted by molar-refractivity contribution is 6.08.